The first kappa shape index (κ1) is 24.1. The van der Waals surface area contributed by atoms with E-state index in [9.17, 15) is 22.0 Å². The van der Waals surface area contributed by atoms with Gasteiger partial charge in [-0.1, -0.05) is 17.4 Å². The summed E-state index contributed by atoms with van der Waals surface area (Å²) in [5, 5.41) is 16.7. The Hall–Kier alpha value is -3.04. The Morgan fingerprint density at radius 2 is 1.97 bits per heavy atom. The number of anilines is 2. The molecule has 0 amide bonds. The van der Waals surface area contributed by atoms with Gasteiger partial charge in [-0.2, -0.15) is 0 Å². The Kier molecular flexibility index (Phi) is 7.13. The van der Waals surface area contributed by atoms with Crippen molar-refractivity contribution in [2.24, 2.45) is 0 Å². The largest absolute Gasteiger partial charge is 0.382 e. The summed E-state index contributed by atoms with van der Waals surface area (Å²) in [5.74, 6) is -2.41. The zero-order valence-electron chi connectivity index (χ0n) is 17.9. The first-order chi connectivity index (χ1) is 16.2. The zero-order valence-corrected chi connectivity index (χ0v) is 19.5. The van der Waals surface area contributed by atoms with Crippen molar-refractivity contribution in [1.82, 2.24) is 29.9 Å². The van der Waals surface area contributed by atoms with Gasteiger partial charge in [0.15, 0.2) is 5.13 Å². The monoisotopic (exact) mass is 512 g/mol. The number of hydrogen-bond acceptors (Lipinski definition) is 10. The standard InChI is InChI=1S/C19H22F2N8O3S2/c20-12-3-1-4-13(21)15(12)16(30)17-18(22)24-19(33-17)23-11-6-8-29(9-7-11)34(31,32)10-2-5-14-25-27-28-26-14/h1,3-4,11H,2,5-10,22H2,(H,23,24)(H,25,26,27,28). The number of sulfonamides is 1. The molecule has 1 fully saturated rings. The number of tetrazole rings is 1. The molecule has 1 aliphatic rings. The third kappa shape index (κ3) is 5.37. The maximum atomic E-state index is 14.0. The van der Waals surface area contributed by atoms with Gasteiger partial charge in [0.2, 0.25) is 15.8 Å². The Labute approximate surface area is 197 Å². The van der Waals surface area contributed by atoms with Crippen LogP contribution in [0.3, 0.4) is 0 Å². The first-order valence-corrected chi connectivity index (χ1v) is 12.9. The lowest BCUT2D eigenvalue weighted by molar-refractivity contribution is 0.103. The number of aromatic nitrogens is 5. The lowest BCUT2D eigenvalue weighted by atomic mass is 10.1. The quantitative estimate of drug-likeness (QED) is 0.362. The second-order valence-corrected chi connectivity index (χ2v) is 10.8. The minimum atomic E-state index is -3.41. The number of nitrogen functional groups attached to an aromatic ring is 1. The Balaban J connectivity index is 1.32. The summed E-state index contributed by atoms with van der Waals surface area (Å²) in [6.07, 6.45) is 1.88. The third-order valence-corrected chi connectivity index (χ3v) is 8.39. The number of ketones is 1. The topological polar surface area (TPSA) is 160 Å². The molecule has 2 aromatic heterocycles. The molecule has 0 saturated carbocycles. The van der Waals surface area contributed by atoms with Crippen molar-refractivity contribution < 1.29 is 22.0 Å². The predicted octanol–water partition coefficient (Wildman–Crippen LogP) is 1.59. The van der Waals surface area contributed by atoms with Crippen molar-refractivity contribution in [1.29, 1.82) is 0 Å². The average molecular weight is 513 g/mol. The number of hydrogen-bond donors (Lipinski definition) is 3. The molecule has 34 heavy (non-hydrogen) atoms. The van der Waals surface area contributed by atoms with E-state index in [0.29, 0.717) is 49.7 Å². The van der Waals surface area contributed by atoms with E-state index in [1.165, 1.54) is 10.4 Å². The highest BCUT2D eigenvalue weighted by molar-refractivity contribution is 7.89. The molecule has 182 valence electrons. The molecule has 4 N–H and O–H groups in total. The van der Waals surface area contributed by atoms with Gasteiger partial charge < -0.3 is 11.1 Å². The summed E-state index contributed by atoms with van der Waals surface area (Å²) in [6, 6.07) is 3.08. The Bertz CT molecular complexity index is 1240. The summed E-state index contributed by atoms with van der Waals surface area (Å²) < 4.78 is 54.6. The number of rotatable bonds is 9. The zero-order chi connectivity index (χ0) is 24.3. The van der Waals surface area contributed by atoms with E-state index in [-0.39, 0.29) is 22.5 Å². The number of aromatic amines is 1. The lowest BCUT2D eigenvalue weighted by Crippen LogP contribution is -2.43. The Morgan fingerprint density at radius 1 is 1.26 bits per heavy atom. The smallest absolute Gasteiger partial charge is 0.214 e. The summed E-state index contributed by atoms with van der Waals surface area (Å²) in [5.41, 5.74) is 5.16. The number of carbonyl (C=O) groups excluding carboxylic acids is 1. The molecule has 0 atom stereocenters. The van der Waals surface area contributed by atoms with Gasteiger partial charge in [0.1, 0.15) is 28.2 Å². The molecular weight excluding hydrogens is 490 g/mol. The average Bonchev–Trinajstić information content (AvgIpc) is 3.43. The summed E-state index contributed by atoms with van der Waals surface area (Å²) in [4.78, 5) is 16.7. The lowest BCUT2D eigenvalue weighted by Gasteiger charge is -2.31. The van der Waals surface area contributed by atoms with Crippen molar-refractivity contribution in [3.8, 4) is 0 Å². The number of carbonyl (C=O) groups is 1. The van der Waals surface area contributed by atoms with E-state index in [1.54, 1.807) is 0 Å². The van der Waals surface area contributed by atoms with Crippen LogP contribution in [0.4, 0.5) is 19.7 Å². The molecule has 1 aromatic carbocycles. The molecule has 0 radical (unpaired) electrons. The van der Waals surface area contributed by atoms with Crippen LogP contribution in [-0.2, 0) is 16.4 Å². The summed E-state index contributed by atoms with van der Waals surface area (Å²) in [6.45, 7) is 0.661. The number of piperidine rings is 1. The van der Waals surface area contributed by atoms with Gasteiger partial charge in [-0.3, -0.25) is 4.79 Å². The normalized spacial score (nSPS) is 15.5. The highest BCUT2D eigenvalue weighted by Gasteiger charge is 2.29. The maximum Gasteiger partial charge on any atom is 0.214 e. The summed E-state index contributed by atoms with van der Waals surface area (Å²) in [7, 11) is -3.41. The maximum absolute atomic E-state index is 14.0. The fourth-order valence-electron chi connectivity index (χ4n) is 3.67. The fraction of sp³-hybridized carbons (Fsp3) is 0.421. The minimum Gasteiger partial charge on any atom is -0.382 e. The Morgan fingerprint density at radius 3 is 2.62 bits per heavy atom. The van der Waals surface area contributed by atoms with Gasteiger partial charge in [-0.05, 0) is 41.8 Å². The van der Waals surface area contributed by atoms with Gasteiger partial charge >= 0.3 is 0 Å². The molecule has 11 nitrogen and oxygen atoms in total. The van der Waals surface area contributed by atoms with Crippen LogP contribution in [0, 0.1) is 11.6 Å². The number of aryl methyl sites for hydroxylation is 1. The van der Waals surface area contributed by atoms with E-state index in [0.717, 1.165) is 23.5 Å². The number of nitrogens with two attached hydrogens (primary N) is 1. The molecule has 0 aliphatic carbocycles. The van der Waals surface area contributed by atoms with E-state index >= 15 is 0 Å². The summed E-state index contributed by atoms with van der Waals surface area (Å²) >= 11 is 0.909. The minimum absolute atomic E-state index is 0.00706. The first-order valence-electron chi connectivity index (χ1n) is 10.5. The van der Waals surface area contributed by atoms with Crippen LogP contribution in [0.1, 0.15) is 40.3 Å². The second kappa shape index (κ2) is 10.1. The van der Waals surface area contributed by atoms with Crippen LogP contribution >= 0.6 is 11.3 Å². The van der Waals surface area contributed by atoms with Gasteiger partial charge in [-0.25, -0.2) is 31.6 Å². The van der Waals surface area contributed by atoms with Gasteiger partial charge in [-0.15, -0.1) is 5.10 Å². The van der Waals surface area contributed by atoms with Crippen LogP contribution in [0.2, 0.25) is 0 Å². The molecule has 3 heterocycles. The molecule has 1 aliphatic heterocycles. The number of nitrogens with one attached hydrogen (secondary N) is 2. The molecule has 3 aromatic rings. The highest BCUT2D eigenvalue weighted by Crippen LogP contribution is 2.30. The van der Waals surface area contributed by atoms with E-state index in [4.69, 9.17) is 5.73 Å². The van der Waals surface area contributed by atoms with E-state index in [1.807, 2.05) is 0 Å². The number of thiazole rings is 1. The van der Waals surface area contributed by atoms with E-state index in [2.05, 4.69) is 30.9 Å². The van der Waals surface area contributed by atoms with Crippen molar-refractivity contribution >= 4 is 38.1 Å². The highest BCUT2D eigenvalue weighted by atomic mass is 32.2. The van der Waals surface area contributed by atoms with E-state index < -0.39 is 33.0 Å². The molecule has 0 bridgehead atoms. The van der Waals surface area contributed by atoms with Gasteiger partial charge in [0.05, 0.1) is 11.3 Å². The van der Waals surface area contributed by atoms with Gasteiger partial charge in [0, 0.05) is 25.6 Å². The van der Waals surface area contributed by atoms with Crippen molar-refractivity contribution in [3.05, 3.63) is 46.1 Å². The van der Waals surface area contributed by atoms with Crippen LogP contribution < -0.4 is 11.1 Å². The molecule has 0 unspecified atom stereocenters. The number of nitrogens with zero attached hydrogens (tertiary/aromatic N) is 5. The van der Waals surface area contributed by atoms with Gasteiger partial charge in [0.25, 0.3) is 0 Å². The molecule has 1 saturated heterocycles. The van der Waals surface area contributed by atoms with Crippen molar-refractivity contribution in [3.63, 3.8) is 0 Å². The fourth-order valence-corrected chi connectivity index (χ4v) is 6.12. The number of halogens is 2. The molecule has 15 heteroatoms. The molecule has 0 spiro atoms. The number of benzene rings is 1. The SMILES string of the molecule is Nc1nc(NC2CCN(S(=O)(=O)CCCc3nnn[nH]3)CC2)sc1C(=O)c1c(F)cccc1F. The number of H-pyrrole nitrogens is 1. The van der Waals surface area contributed by atoms with Crippen LogP contribution in [0.15, 0.2) is 18.2 Å². The van der Waals surface area contributed by atoms with Crippen molar-refractivity contribution in [2.75, 3.05) is 29.9 Å². The predicted molar refractivity (Wildman–Crippen MR) is 121 cm³/mol. The van der Waals surface area contributed by atoms with Crippen molar-refractivity contribution in [2.45, 2.75) is 31.7 Å². The van der Waals surface area contributed by atoms with Crippen LogP contribution in [0.25, 0.3) is 0 Å². The van der Waals surface area contributed by atoms with Crippen LogP contribution in [0.5, 0.6) is 0 Å². The molecule has 4 rings (SSSR count). The second-order valence-electron chi connectivity index (χ2n) is 7.74. The third-order valence-electron chi connectivity index (χ3n) is 5.43. The van der Waals surface area contributed by atoms with Crippen LogP contribution in [-0.4, -0.2) is 69.0 Å². The molecular formula is C19H22F2N8O3S2.